The summed E-state index contributed by atoms with van der Waals surface area (Å²) in [5.74, 6) is -0.589. The first kappa shape index (κ1) is 37.9. The maximum Gasteiger partial charge on any atom is 0.262 e. The molecule has 4 rings (SSSR count). The number of carbonyl (C=O) groups excluding carboxylic acids is 3. The van der Waals surface area contributed by atoms with Crippen LogP contribution in [-0.2, 0) is 27.1 Å². The number of carboxylic acid groups (broad SMARTS) is 1. The van der Waals surface area contributed by atoms with Crippen LogP contribution >= 0.6 is 0 Å². The third kappa shape index (κ3) is 8.88. The van der Waals surface area contributed by atoms with Crippen molar-refractivity contribution in [1.29, 1.82) is 0 Å². The monoisotopic (exact) mass is 654 g/mol. The highest BCUT2D eigenvalue weighted by Gasteiger charge is 2.48. The molecule has 0 fully saturated rings. The first-order chi connectivity index (χ1) is 22.3. The number of guanidine groups is 1. The summed E-state index contributed by atoms with van der Waals surface area (Å²) in [6, 6.07) is 19.3. The SMILES string of the molecule is CC(C)(C)C(=O)[O-].CC(C)CC[C@]1(c2ccccc2)N=C(N)N(Cc2ccc(C(C)(C)C)c(C(=O)N(C)C(C)c3ccncc3)c2)C1=O. The van der Waals surface area contributed by atoms with E-state index in [4.69, 9.17) is 10.7 Å². The van der Waals surface area contributed by atoms with Crippen LogP contribution in [0.2, 0.25) is 0 Å². The molecule has 48 heavy (non-hydrogen) atoms. The van der Waals surface area contributed by atoms with Crippen molar-refractivity contribution >= 4 is 23.7 Å². The van der Waals surface area contributed by atoms with Crippen molar-refractivity contribution in [2.24, 2.45) is 22.1 Å². The minimum Gasteiger partial charge on any atom is -0.550 e. The third-order valence-corrected chi connectivity index (χ3v) is 8.68. The molecule has 0 aliphatic carbocycles. The van der Waals surface area contributed by atoms with E-state index in [1.807, 2.05) is 74.6 Å². The Balaban J connectivity index is 0.000000804. The zero-order valence-electron chi connectivity index (χ0n) is 30.2. The Hall–Kier alpha value is -4.53. The third-order valence-electron chi connectivity index (χ3n) is 8.68. The summed E-state index contributed by atoms with van der Waals surface area (Å²) >= 11 is 0. The van der Waals surface area contributed by atoms with Crippen molar-refractivity contribution in [1.82, 2.24) is 14.8 Å². The van der Waals surface area contributed by atoms with Crippen LogP contribution in [0.1, 0.15) is 114 Å². The fraction of sp³-hybridized carbons (Fsp3) is 0.462. The molecule has 9 heteroatoms. The maximum atomic E-state index is 14.1. The molecule has 2 atom stereocenters. The summed E-state index contributed by atoms with van der Waals surface area (Å²) in [5, 5.41) is 9.91. The molecule has 1 aliphatic rings. The van der Waals surface area contributed by atoms with Gasteiger partial charge in [-0.3, -0.25) is 19.5 Å². The zero-order chi connectivity index (χ0) is 36.0. The zero-order valence-corrected chi connectivity index (χ0v) is 30.2. The number of aromatic nitrogens is 1. The summed E-state index contributed by atoms with van der Waals surface area (Å²) in [5.41, 5.74) is 8.72. The van der Waals surface area contributed by atoms with E-state index in [0.717, 1.165) is 28.7 Å². The topological polar surface area (TPSA) is 132 Å². The normalized spacial score (nSPS) is 17.0. The number of pyridine rings is 1. The Labute approximate surface area is 286 Å². The van der Waals surface area contributed by atoms with Gasteiger partial charge in [0.1, 0.15) is 0 Å². The molecular weight excluding hydrogens is 602 g/mol. The van der Waals surface area contributed by atoms with E-state index in [2.05, 4.69) is 39.6 Å². The van der Waals surface area contributed by atoms with E-state index in [9.17, 15) is 19.5 Å². The van der Waals surface area contributed by atoms with Crippen LogP contribution in [0.25, 0.3) is 0 Å². The molecular formula is C39H52N5O4-. The number of amides is 2. The molecule has 258 valence electrons. The van der Waals surface area contributed by atoms with E-state index < -0.39 is 16.9 Å². The molecule has 2 N–H and O–H groups in total. The lowest BCUT2D eigenvalue weighted by atomic mass is 9.82. The van der Waals surface area contributed by atoms with Crippen molar-refractivity contribution in [3.8, 4) is 0 Å². The van der Waals surface area contributed by atoms with E-state index >= 15 is 0 Å². The number of nitrogens with zero attached hydrogens (tertiary/aromatic N) is 4. The quantitative estimate of drug-likeness (QED) is 0.302. The van der Waals surface area contributed by atoms with Gasteiger partial charge in [-0.2, -0.15) is 0 Å². The van der Waals surface area contributed by atoms with Gasteiger partial charge in [0.25, 0.3) is 11.8 Å². The minimum atomic E-state index is -1.04. The smallest absolute Gasteiger partial charge is 0.262 e. The molecule has 1 aliphatic heterocycles. The molecule has 0 bridgehead atoms. The largest absolute Gasteiger partial charge is 0.550 e. The van der Waals surface area contributed by atoms with E-state index in [1.54, 1.807) is 43.0 Å². The molecule has 0 saturated heterocycles. The highest BCUT2D eigenvalue weighted by atomic mass is 16.4. The van der Waals surface area contributed by atoms with Gasteiger partial charge in [-0.1, -0.05) is 97.9 Å². The number of aliphatic imine (C=N–C) groups is 1. The summed E-state index contributed by atoms with van der Waals surface area (Å²) < 4.78 is 0. The van der Waals surface area contributed by atoms with Gasteiger partial charge in [-0.15, -0.1) is 0 Å². The number of hydrogen-bond donors (Lipinski definition) is 1. The van der Waals surface area contributed by atoms with Crippen LogP contribution in [0.5, 0.6) is 0 Å². The van der Waals surface area contributed by atoms with Gasteiger partial charge < -0.3 is 20.5 Å². The average molecular weight is 655 g/mol. The molecule has 2 amide bonds. The second-order valence-electron chi connectivity index (χ2n) is 15.1. The number of aliphatic carboxylic acids is 1. The van der Waals surface area contributed by atoms with Gasteiger partial charge in [0, 0.05) is 36.4 Å². The Morgan fingerprint density at radius 3 is 2.06 bits per heavy atom. The first-order valence-corrected chi connectivity index (χ1v) is 16.5. The number of carboxylic acids is 1. The summed E-state index contributed by atoms with van der Waals surface area (Å²) in [6.45, 7) is 17.6. The molecule has 3 aromatic rings. The highest BCUT2D eigenvalue weighted by molar-refractivity contribution is 6.07. The molecule has 0 spiro atoms. The lowest BCUT2D eigenvalue weighted by Crippen LogP contribution is -2.42. The molecule has 1 unspecified atom stereocenters. The van der Waals surface area contributed by atoms with E-state index in [1.165, 1.54) is 0 Å². The molecule has 0 radical (unpaired) electrons. The molecule has 1 aromatic heterocycles. The fourth-order valence-electron chi connectivity index (χ4n) is 5.43. The van der Waals surface area contributed by atoms with Crippen LogP contribution in [0.15, 0.2) is 78.0 Å². The lowest BCUT2D eigenvalue weighted by Gasteiger charge is -2.30. The van der Waals surface area contributed by atoms with Gasteiger partial charge in [-0.05, 0) is 71.6 Å². The van der Waals surface area contributed by atoms with Crippen molar-refractivity contribution in [2.45, 2.75) is 98.7 Å². The Morgan fingerprint density at radius 1 is 0.958 bits per heavy atom. The summed E-state index contributed by atoms with van der Waals surface area (Å²) in [6.07, 6.45) is 4.89. The van der Waals surface area contributed by atoms with Crippen LogP contribution in [-0.4, -0.2) is 45.6 Å². The second-order valence-corrected chi connectivity index (χ2v) is 15.1. The van der Waals surface area contributed by atoms with Crippen LogP contribution < -0.4 is 10.8 Å². The Bertz CT molecular complexity index is 1610. The Kier molecular flexibility index (Phi) is 12.0. The maximum absolute atomic E-state index is 14.1. The first-order valence-electron chi connectivity index (χ1n) is 16.5. The number of benzene rings is 2. The van der Waals surface area contributed by atoms with Gasteiger partial charge in [0.05, 0.1) is 12.6 Å². The van der Waals surface area contributed by atoms with E-state index in [-0.39, 0.29) is 35.8 Å². The minimum absolute atomic E-state index is 0.0777. The standard InChI is InChI=1S/C34H43N5O2.C5H10O2/c1-23(2)15-18-34(27-11-9-8-10-12-27)31(41)39(32(35)37-34)22-25-13-14-29(33(4,5)6)28(21-25)30(40)38(7)24(3)26-16-19-36-20-17-26;1-5(2,3)4(6)7/h8-14,16-17,19-21,23-24H,15,18,22H2,1-7H3,(H2,35,37);1-3H3,(H,6,7)/p-1/t24?,34-;/m1./s1. The second kappa shape index (κ2) is 15.1. The van der Waals surface area contributed by atoms with Gasteiger partial charge in [0.15, 0.2) is 11.5 Å². The van der Waals surface area contributed by atoms with Gasteiger partial charge in [0.2, 0.25) is 0 Å². The average Bonchev–Trinajstić information content (AvgIpc) is 3.27. The fourth-order valence-corrected chi connectivity index (χ4v) is 5.43. The van der Waals surface area contributed by atoms with Gasteiger partial charge in [-0.25, -0.2) is 4.99 Å². The van der Waals surface area contributed by atoms with Crippen molar-refractivity contribution in [3.05, 3.63) is 101 Å². The molecule has 9 nitrogen and oxygen atoms in total. The van der Waals surface area contributed by atoms with Gasteiger partial charge >= 0.3 is 0 Å². The summed E-state index contributed by atoms with van der Waals surface area (Å²) in [7, 11) is 1.82. The highest BCUT2D eigenvalue weighted by Crippen LogP contribution is 2.39. The predicted molar refractivity (Wildman–Crippen MR) is 189 cm³/mol. The molecule has 2 aromatic carbocycles. The van der Waals surface area contributed by atoms with Crippen molar-refractivity contribution in [2.75, 3.05) is 7.05 Å². The number of rotatable bonds is 9. The number of carbonyl (C=O) groups is 3. The van der Waals surface area contributed by atoms with Crippen LogP contribution in [0, 0.1) is 11.3 Å². The summed E-state index contributed by atoms with van der Waals surface area (Å²) in [4.78, 5) is 50.2. The number of hydrogen-bond acceptors (Lipinski definition) is 7. The van der Waals surface area contributed by atoms with Crippen molar-refractivity contribution in [3.63, 3.8) is 0 Å². The van der Waals surface area contributed by atoms with Crippen LogP contribution in [0.4, 0.5) is 0 Å². The lowest BCUT2D eigenvalue weighted by molar-refractivity contribution is -0.316. The van der Waals surface area contributed by atoms with E-state index in [0.29, 0.717) is 17.9 Å². The molecule has 2 heterocycles. The molecule has 0 saturated carbocycles. The predicted octanol–water partition coefficient (Wildman–Crippen LogP) is 5.98. The van der Waals surface area contributed by atoms with Crippen molar-refractivity contribution < 1.29 is 19.5 Å². The van der Waals surface area contributed by atoms with Crippen LogP contribution in [0.3, 0.4) is 0 Å². The Morgan fingerprint density at radius 2 is 1.54 bits per heavy atom. The number of nitrogens with two attached hydrogens (primary N) is 1.